The van der Waals surface area contributed by atoms with Crippen molar-refractivity contribution in [2.24, 2.45) is 5.14 Å². The molecule has 1 unspecified atom stereocenters. The van der Waals surface area contributed by atoms with Gasteiger partial charge in [-0.25, -0.2) is 13.6 Å². The van der Waals surface area contributed by atoms with Crippen LogP contribution in [-0.2, 0) is 14.8 Å². The highest BCUT2D eigenvalue weighted by atomic mass is 32.2. The minimum absolute atomic E-state index is 0.0829. The van der Waals surface area contributed by atoms with Crippen LogP contribution in [0.2, 0.25) is 0 Å². The molecule has 7 heteroatoms. The predicted octanol–water partition coefficient (Wildman–Crippen LogP) is 0.607. The molecule has 1 aromatic carbocycles. The number of sulfonamides is 1. The highest BCUT2D eigenvalue weighted by Crippen LogP contribution is 2.16. The van der Waals surface area contributed by atoms with Crippen LogP contribution in [0.25, 0.3) is 0 Å². The van der Waals surface area contributed by atoms with Gasteiger partial charge in [0.1, 0.15) is 0 Å². The van der Waals surface area contributed by atoms with Gasteiger partial charge in [-0.3, -0.25) is 4.79 Å². The number of carbonyl (C=O) groups is 1. The standard InChI is InChI=1S/C14H21N3O3S/c1-11(16-10-14(18)17-7-2-3-8-17)12-5-4-6-13(9-12)21(15,19)20/h4-6,9,11,16H,2-3,7-8,10H2,1H3,(H2,15,19,20). The highest BCUT2D eigenvalue weighted by Gasteiger charge is 2.18. The molecule has 0 bridgehead atoms. The van der Waals surface area contributed by atoms with E-state index >= 15 is 0 Å². The van der Waals surface area contributed by atoms with Crippen LogP contribution in [0, 0.1) is 0 Å². The molecular formula is C14H21N3O3S. The van der Waals surface area contributed by atoms with Crippen molar-refractivity contribution >= 4 is 15.9 Å². The lowest BCUT2D eigenvalue weighted by Gasteiger charge is -2.19. The van der Waals surface area contributed by atoms with Crippen molar-refractivity contribution in [3.05, 3.63) is 29.8 Å². The maximum absolute atomic E-state index is 12.0. The molecule has 1 atom stereocenters. The zero-order valence-electron chi connectivity index (χ0n) is 12.1. The van der Waals surface area contributed by atoms with Crippen LogP contribution in [0.3, 0.4) is 0 Å². The van der Waals surface area contributed by atoms with E-state index in [0.29, 0.717) is 0 Å². The average molecular weight is 311 g/mol. The van der Waals surface area contributed by atoms with E-state index in [1.165, 1.54) is 12.1 Å². The van der Waals surface area contributed by atoms with E-state index in [1.54, 1.807) is 6.07 Å². The molecule has 1 aromatic rings. The summed E-state index contributed by atoms with van der Waals surface area (Å²) in [6.07, 6.45) is 2.13. The van der Waals surface area contributed by atoms with Gasteiger partial charge in [-0.2, -0.15) is 0 Å². The summed E-state index contributed by atoms with van der Waals surface area (Å²) in [6.45, 7) is 3.80. The largest absolute Gasteiger partial charge is 0.342 e. The second-order valence-corrected chi connectivity index (χ2v) is 6.87. The molecule has 1 fully saturated rings. The highest BCUT2D eigenvalue weighted by molar-refractivity contribution is 7.89. The Labute approximate surface area is 125 Å². The summed E-state index contributed by atoms with van der Waals surface area (Å²) < 4.78 is 22.7. The molecule has 1 saturated heterocycles. The zero-order chi connectivity index (χ0) is 15.5. The van der Waals surface area contributed by atoms with Gasteiger partial charge in [0.2, 0.25) is 15.9 Å². The van der Waals surface area contributed by atoms with Gasteiger partial charge in [0.15, 0.2) is 0 Å². The van der Waals surface area contributed by atoms with Crippen molar-refractivity contribution in [3.63, 3.8) is 0 Å². The van der Waals surface area contributed by atoms with Gasteiger partial charge in [-0.05, 0) is 37.5 Å². The minimum atomic E-state index is -3.71. The van der Waals surface area contributed by atoms with Gasteiger partial charge < -0.3 is 10.2 Å². The average Bonchev–Trinajstić information content (AvgIpc) is 2.98. The first-order valence-electron chi connectivity index (χ1n) is 7.02. The van der Waals surface area contributed by atoms with Crippen LogP contribution in [0.15, 0.2) is 29.2 Å². The fourth-order valence-electron chi connectivity index (χ4n) is 2.40. The number of nitrogens with two attached hydrogens (primary N) is 1. The Morgan fingerprint density at radius 2 is 2.05 bits per heavy atom. The Bertz CT molecular complexity index is 610. The Morgan fingerprint density at radius 1 is 1.38 bits per heavy atom. The predicted molar refractivity (Wildman–Crippen MR) is 80.0 cm³/mol. The number of nitrogens with zero attached hydrogens (tertiary/aromatic N) is 1. The summed E-state index contributed by atoms with van der Waals surface area (Å²) in [5.41, 5.74) is 0.788. The Morgan fingerprint density at radius 3 is 2.67 bits per heavy atom. The van der Waals surface area contributed by atoms with Crippen molar-refractivity contribution in [2.45, 2.75) is 30.7 Å². The smallest absolute Gasteiger partial charge is 0.238 e. The molecule has 0 aliphatic carbocycles. The molecule has 2 rings (SSSR count). The lowest BCUT2D eigenvalue weighted by Crippen LogP contribution is -2.37. The monoisotopic (exact) mass is 311 g/mol. The number of primary sulfonamides is 1. The van der Waals surface area contributed by atoms with E-state index in [2.05, 4.69) is 5.32 Å². The Hall–Kier alpha value is -1.44. The summed E-state index contributed by atoms with van der Waals surface area (Å²) in [5.74, 6) is 0.0851. The van der Waals surface area contributed by atoms with Gasteiger partial charge in [-0.15, -0.1) is 0 Å². The number of hydrogen-bond acceptors (Lipinski definition) is 4. The van der Waals surface area contributed by atoms with Crippen molar-refractivity contribution in [2.75, 3.05) is 19.6 Å². The van der Waals surface area contributed by atoms with Crippen LogP contribution < -0.4 is 10.5 Å². The number of carbonyl (C=O) groups excluding carboxylic acids is 1. The van der Waals surface area contributed by atoms with Crippen molar-refractivity contribution < 1.29 is 13.2 Å². The van der Waals surface area contributed by atoms with Crippen LogP contribution in [0.1, 0.15) is 31.4 Å². The molecule has 6 nitrogen and oxygen atoms in total. The van der Waals surface area contributed by atoms with Crippen LogP contribution >= 0.6 is 0 Å². The fraction of sp³-hybridized carbons (Fsp3) is 0.500. The van der Waals surface area contributed by atoms with Gasteiger partial charge >= 0.3 is 0 Å². The van der Waals surface area contributed by atoms with Gasteiger partial charge in [0.05, 0.1) is 11.4 Å². The zero-order valence-corrected chi connectivity index (χ0v) is 12.9. The van der Waals surface area contributed by atoms with Crippen molar-refractivity contribution in [1.29, 1.82) is 0 Å². The number of benzene rings is 1. The summed E-state index contributed by atoms with van der Waals surface area (Å²) >= 11 is 0. The summed E-state index contributed by atoms with van der Waals surface area (Å²) in [5, 5.41) is 8.25. The molecule has 21 heavy (non-hydrogen) atoms. The van der Waals surface area contributed by atoms with Gasteiger partial charge in [0.25, 0.3) is 0 Å². The lowest BCUT2D eigenvalue weighted by molar-refractivity contribution is -0.129. The Kier molecular flexibility index (Phi) is 4.97. The molecular weight excluding hydrogens is 290 g/mol. The third-order valence-corrected chi connectivity index (χ3v) is 4.62. The Balaban J connectivity index is 1.97. The third kappa shape index (κ3) is 4.26. The maximum atomic E-state index is 12.0. The molecule has 1 amide bonds. The van der Waals surface area contributed by atoms with Crippen molar-refractivity contribution in [1.82, 2.24) is 10.2 Å². The second-order valence-electron chi connectivity index (χ2n) is 5.31. The van der Waals surface area contributed by atoms with E-state index in [0.717, 1.165) is 31.5 Å². The molecule has 1 heterocycles. The molecule has 1 aliphatic rings. The van der Waals surface area contributed by atoms with Gasteiger partial charge in [0, 0.05) is 19.1 Å². The van der Waals surface area contributed by atoms with Crippen LogP contribution in [0.4, 0.5) is 0 Å². The van der Waals surface area contributed by atoms with E-state index in [9.17, 15) is 13.2 Å². The van der Waals surface area contributed by atoms with E-state index in [-0.39, 0.29) is 23.4 Å². The van der Waals surface area contributed by atoms with E-state index < -0.39 is 10.0 Å². The number of hydrogen-bond donors (Lipinski definition) is 2. The molecule has 1 aliphatic heterocycles. The normalized spacial score (nSPS) is 17.0. The fourth-order valence-corrected chi connectivity index (χ4v) is 2.97. The third-order valence-electron chi connectivity index (χ3n) is 3.70. The van der Waals surface area contributed by atoms with Crippen LogP contribution in [-0.4, -0.2) is 38.9 Å². The first kappa shape index (κ1) is 15.9. The van der Waals surface area contributed by atoms with Crippen LogP contribution in [0.5, 0.6) is 0 Å². The topological polar surface area (TPSA) is 92.5 Å². The number of nitrogens with one attached hydrogen (secondary N) is 1. The van der Waals surface area contributed by atoms with Gasteiger partial charge in [-0.1, -0.05) is 12.1 Å². The molecule has 0 spiro atoms. The van der Waals surface area contributed by atoms with E-state index in [1.807, 2.05) is 17.9 Å². The molecule has 0 saturated carbocycles. The molecule has 3 N–H and O–H groups in total. The van der Waals surface area contributed by atoms with E-state index in [4.69, 9.17) is 5.14 Å². The minimum Gasteiger partial charge on any atom is -0.342 e. The SMILES string of the molecule is CC(NCC(=O)N1CCCC1)c1cccc(S(N)(=O)=O)c1. The lowest BCUT2D eigenvalue weighted by atomic mass is 10.1. The number of amides is 1. The quantitative estimate of drug-likeness (QED) is 0.833. The molecule has 116 valence electrons. The first-order valence-corrected chi connectivity index (χ1v) is 8.56. The summed E-state index contributed by atoms with van der Waals surface area (Å²) in [7, 11) is -3.71. The first-order chi connectivity index (χ1) is 9.88. The molecule has 0 aromatic heterocycles. The number of likely N-dealkylation sites (tertiary alicyclic amines) is 1. The summed E-state index contributed by atoms with van der Waals surface area (Å²) in [4.78, 5) is 13.9. The second kappa shape index (κ2) is 6.55. The van der Waals surface area contributed by atoms with Crippen molar-refractivity contribution in [3.8, 4) is 0 Å². The summed E-state index contributed by atoms with van der Waals surface area (Å²) in [6, 6.07) is 6.33. The number of rotatable bonds is 5. The molecule has 0 radical (unpaired) electrons. The maximum Gasteiger partial charge on any atom is 0.238 e.